The van der Waals surface area contributed by atoms with E-state index in [4.69, 9.17) is 11.6 Å². The third-order valence-electron chi connectivity index (χ3n) is 1.98. The van der Waals surface area contributed by atoms with E-state index in [0.717, 1.165) is 0 Å². The number of likely N-dealkylation sites (tertiary alicyclic amines) is 1. The average molecular weight is 203 g/mol. The van der Waals surface area contributed by atoms with Crippen molar-refractivity contribution in [3.63, 3.8) is 0 Å². The van der Waals surface area contributed by atoms with Gasteiger partial charge in [-0.3, -0.25) is 4.79 Å². The van der Waals surface area contributed by atoms with Crippen LogP contribution in [0.2, 0.25) is 0 Å². The molecule has 4 nitrogen and oxygen atoms in total. The number of carboxylic acids is 1. The van der Waals surface area contributed by atoms with E-state index in [0.29, 0.717) is 13.0 Å². The van der Waals surface area contributed by atoms with Gasteiger partial charge in [0.05, 0.1) is 12.0 Å². The number of aliphatic carboxylic acids is 1. The quantitative estimate of drug-likeness (QED) is 0.338. The van der Waals surface area contributed by atoms with Gasteiger partial charge in [-0.25, -0.2) is 0 Å². The maximum atomic E-state index is 10.9. The van der Waals surface area contributed by atoms with Crippen molar-refractivity contribution in [2.75, 3.05) is 12.4 Å². The highest BCUT2D eigenvalue weighted by Gasteiger charge is 2.32. The standard InChI is InChI=1S/C8H10ClNO3/c1-5(4-9)7(8(12)13)10-3-2-6(10)11/h7H,1-4H2,(H,12,13)/p-1. The Morgan fingerprint density at radius 2 is 2.38 bits per heavy atom. The normalized spacial score (nSPS) is 17.9. The maximum Gasteiger partial charge on any atom is 0.225 e. The van der Waals surface area contributed by atoms with Crippen LogP contribution in [0.1, 0.15) is 6.42 Å². The van der Waals surface area contributed by atoms with Crippen LogP contribution in [0.4, 0.5) is 0 Å². The predicted octanol–water partition coefficient (Wildman–Crippen LogP) is -0.868. The molecule has 1 fully saturated rings. The molecule has 1 unspecified atom stereocenters. The number of amides is 1. The van der Waals surface area contributed by atoms with Crippen LogP contribution in [0, 0.1) is 0 Å². The van der Waals surface area contributed by atoms with Crippen LogP contribution < -0.4 is 5.11 Å². The van der Waals surface area contributed by atoms with Gasteiger partial charge in [0.15, 0.2) is 0 Å². The van der Waals surface area contributed by atoms with Crippen molar-refractivity contribution >= 4 is 23.5 Å². The Labute approximate surface area is 80.8 Å². The lowest BCUT2D eigenvalue weighted by atomic mass is 10.0. The van der Waals surface area contributed by atoms with E-state index in [-0.39, 0.29) is 17.4 Å². The van der Waals surface area contributed by atoms with E-state index in [1.165, 1.54) is 4.90 Å². The Kier molecular flexibility index (Phi) is 2.93. The van der Waals surface area contributed by atoms with E-state index in [1.54, 1.807) is 0 Å². The first-order valence-corrected chi connectivity index (χ1v) is 4.35. The Balaban J connectivity index is 2.73. The van der Waals surface area contributed by atoms with Gasteiger partial charge < -0.3 is 14.8 Å². The Bertz CT molecular complexity index is 264. The van der Waals surface area contributed by atoms with Crippen LogP contribution in [0.3, 0.4) is 0 Å². The first kappa shape index (κ1) is 10.1. The summed E-state index contributed by atoms with van der Waals surface area (Å²) in [6.45, 7) is 3.92. The molecule has 0 aromatic carbocycles. The van der Waals surface area contributed by atoms with Crippen molar-refractivity contribution in [2.45, 2.75) is 12.5 Å². The molecule has 0 saturated carbocycles. The maximum absolute atomic E-state index is 10.9. The van der Waals surface area contributed by atoms with E-state index in [9.17, 15) is 14.7 Å². The number of hydrogen-bond acceptors (Lipinski definition) is 3. The molecule has 0 aromatic heterocycles. The fourth-order valence-electron chi connectivity index (χ4n) is 1.19. The van der Waals surface area contributed by atoms with Gasteiger partial charge in [-0.15, -0.1) is 11.6 Å². The predicted molar refractivity (Wildman–Crippen MR) is 45.0 cm³/mol. The number of alkyl halides is 1. The molecule has 0 aliphatic carbocycles. The summed E-state index contributed by atoms with van der Waals surface area (Å²) in [5.41, 5.74) is 0.287. The van der Waals surface area contributed by atoms with Gasteiger partial charge in [-0.05, 0) is 5.57 Å². The smallest absolute Gasteiger partial charge is 0.225 e. The fourth-order valence-corrected chi connectivity index (χ4v) is 1.34. The van der Waals surface area contributed by atoms with Crippen molar-refractivity contribution in [3.8, 4) is 0 Å². The van der Waals surface area contributed by atoms with Gasteiger partial charge in [-0.1, -0.05) is 6.58 Å². The number of rotatable bonds is 4. The molecule has 1 saturated heterocycles. The molecule has 1 heterocycles. The first-order valence-electron chi connectivity index (χ1n) is 3.82. The van der Waals surface area contributed by atoms with E-state index in [2.05, 4.69) is 6.58 Å². The fraction of sp³-hybridized carbons (Fsp3) is 0.500. The third kappa shape index (κ3) is 1.83. The summed E-state index contributed by atoms with van der Waals surface area (Å²) in [4.78, 5) is 22.8. The summed E-state index contributed by atoms with van der Waals surface area (Å²) < 4.78 is 0. The summed E-state index contributed by atoms with van der Waals surface area (Å²) in [5, 5.41) is 10.7. The van der Waals surface area contributed by atoms with Crippen LogP contribution in [0.25, 0.3) is 0 Å². The van der Waals surface area contributed by atoms with Gasteiger partial charge in [0.1, 0.15) is 0 Å². The van der Waals surface area contributed by atoms with Crippen LogP contribution in [-0.2, 0) is 9.59 Å². The minimum absolute atomic E-state index is 0.0163. The second-order valence-electron chi connectivity index (χ2n) is 2.85. The lowest BCUT2D eigenvalue weighted by Gasteiger charge is -2.39. The molecule has 13 heavy (non-hydrogen) atoms. The number of carbonyl (C=O) groups is 2. The summed E-state index contributed by atoms with van der Waals surface area (Å²) in [7, 11) is 0. The van der Waals surface area contributed by atoms with Gasteiger partial charge in [0.25, 0.3) is 0 Å². The van der Waals surface area contributed by atoms with E-state index < -0.39 is 12.0 Å². The monoisotopic (exact) mass is 202 g/mol. The molecule has 1 aliphatic rings. The number of nitrogens with zero attached hydrogens (tertiary/aromatic N) is 1. The molecule has 1 aliphatic heterocycles. The summed E-state index contributed by atoms with van der Waals surface area (Å²) in [6.07, 6.45) is 0.388. The van der Waals surface area contributed by atoms with Crippen LogP contribution in [0.5, 0.6) is 0 Å². The number of β-lactam (4-membered cyclic amide) rings is 1. The van der Waals surface area contributed by atoms with Crippen LogP contribution in [0.15, 0.2) is 12.2 Å². The highest BCUT2D eigenvalue weighted by Crippen LogP contribution is 2.18. The molecular weight excluding hydrogens is 194 g/mol. The number of hydrogen-bond donors (Lipinski definition) is 0. The third-order valence-corrected chi connectivity index (χ3v) is 2.32. The zero-order chi connectivity index (χ0) is 10.0. The molecule has 5 heteroatoms. The molecule has 72 valence electrons. The number of carboxylic acid groups (broad SMARTS) is 1. The van der Waals surface area contributed by atoms with Crippen molar-refractivity contribution in [1.29, 1.82) is 0 Å². The zero-order valence-corrected chi connectivity index (χ0v) is 7.71. The van der Waals surface area contributed by atoms with Gasteiger partial charge in [0, 0.05) is 18.8 Å². The highest BCUT2D eigenvalue weighted by molar-refractivity contribution is 6.19. The zero-order valence-electron chi connectivity index (χ0n) is 6.96. The largest absolute Gasteiger partial charge is 0.548 e. The Hall–Kier alpha value is -1.03. The van der Waals surface area contributed by atoms with Gasteiger partial charge >= 0.3 is 0 Å². The summed E-state index contributed by atoms with van der Waals surface area (Å²) in [6, 6.07) is -1.06. The van der Waals surface area contributed by atoms with E-state index in [1.807, 2.05) is 0 Å². The van der Waals surface area contributed by atoms with Crippen molar-refractivity contribution < 1.29 is 14.7 Å². The molecule has 0 spiro atoms. The minimum atomic E-state index is -1.32. The molecule has 0 N–H and O–H groups in total. The van der Waals surface area contributed by atoms with Gasteiger partial charge in [-0.2, -0.15) is 0 Å². The highest BCUT2D eigenvalue weighted by atomic mass is 35.5. The minimum Gasteiger partial charge on any atom is -0.548 e. The van der Waals surface area contributed by atoms with Crippen LogP contribution in [-0.4, -0.2) is 35.2 Å². The molecule has 1 atom stereocenters. The number of carbonyl (C=O) groups excluding carboxylic acids is 2. The van der Waals surface area contributed by atoms with Crippen molar-refractivity contribution in [2.24, 2.45) is 0 Å². The molecule has 0 bridgehead atoms. The lowest BCUT2D eigenvalue weighted by Crippen LogP contribution is -2.57. The van der Waals surface area contributed by atoms with Crippen LogP contribution >= 0.6 is 11.6 Å². The number of halogens is 1. The summed E-state index contributed by atoms with van der Waals surface area (Å²) in [5.74, 6) is -1.50. The lowest BCUT2D eigenvalue weighted by molar-refractivity contribution is -0.310. The molecule has 0 aromatic rings. The molecule has 1 amide bonds. The molecule has 0 radical (unpaired) electrons. The van der Waals surface area contributed by atoms with E-state index >= 15 is 0 Å². The topological polar surface area (TPSA) is 60.4 Å². The van der Waals surface area contributed by atoms with Crippen molar-refractivity contribution in [1.82, 2.24) is 4.90 Å². The first-order chi connectivity index (χ1) is 6.07. The Morgan fingerprint density at radius 3 is 2.62 bits per heavy atom. The second kappa shape index (κ2) is 3.79. The summed E-state index contributed by atoms with van der Waals surface area (Å²) >= 11 is 5.44. The van der Waals surface area contributed by atoms with Gasteiger partial charge in [0.2, 0.25) is 5.91 Å². The molecular formula is C8H9ClNO3-. The second-order valence-corrected chi connectivity index (χ2v) is 3.12. The van der Waals surface area contributed by atoms with Crippen molar-refractivity contribution in [3.05, 3.63) is 12.2 Å². The average Bonchev–Trinajstić information content (AvgIpc) is 2.09. The molecule has 1 rings (SSSR count). The SMILES string of the molecule is C=C(CCl)C(C(=O)[O-])N1CCC1=O. The Morgan fingerprint density at radius 1 is 1.77 bits per heavy atom.